The number of nitrogens with zero attached hydrogens (tertiary/aromatic N) is 2. The molecule has 0 aliphatic carbocycles. The fourth-order valence-electron chi connectivity index (χ4n) is 2.93. The molecule has 3 rings (SSSR count). The Hall–Kier alpha value is -3.38. The highest BCUT2D eigenvalue weighted by Crippen LogP contribution is 2.19. The highest BCUT2D eigenvalue weighted by atomic mass is 16.5. The van der Waals surface area contributed by atoms with E-state index in [1.807, 2.05) is 48.5 Å². The van der Waals surface area contributed by atoms with E-state index < -0.39 is 0 Å². The number of aliphatic imine (C=N–C) groups is 1. The predicted molar refractivity (Wildman–Crippen MR) is 122 cm³/mol. The minimum Gasteiger partial charge on any atom is -0.493 e. The Balaban J connectivity index is 1.57. The molecule has 0 saturated heterocycles. The Labute approximate surface area is 178 Å². The van der Waals surface area contributed by atoms with Crippen LogP contribution < -0.4 is 15.4 Å². The average molecular weight is 405 g/mol. The second kappa shape index (κ2) is 11.6. The molecule has 0 aliphatic heterocycles. The van der Waals surface area contributed by atoms with Gasteiger partial charge in [0.1, 0.15) is 5.75 Å². The molecule has 156 valence electrons. The summed E-state index contributed by atoms with van der Waals surface area (Å²) in [5.41, 5.74) is 4.12. The lowest BCUT2D eigenvalue weighted by atomic mass is 10.1. The molecule has 0 radical (unpaired) electrons. The standard InChI is InChI=1S/C24H28N4O2/c1-25-24(28-21-10-6-11-22(17-21)30-15-7-14-29-2)27-18-19-8-5-9-20(16-19)23-12-3-4-13-26-23/h3-6,8-13,16-17H,7,14-15,18H2,1-2H3,(H2,25,27,28). The highest BCUT2D eigenvalue weighted by molar-refractivity contribution is 5.93. The van der Waals surface area contributed by atoms with Crippen LogP contribution in [0.2, 0.25) is 0 Å². The molecule has 0 fully saturated rings. The number of rotatable bonds is 9. The summed E-state index contributed by atoms with van der Waals surface area (Å²) in [5.74, 6) is 1.50. The van der Waals surface area contributed by atoms with Gasteiger partial charge in [0.25, 0.3) is 0 Å². The van der Waals surface area contributed by atoms with E-state index in [1.165, 1.54) is 0 Å². The Bertz CT molecular complexity index is 945. The molecule has 0 saturated carbocycles. The molecule has 0 bridgehead atoms. The molecule has 0 atom stereocenters. The van der Waals surface area contributed by atoms with Gasteiger partial charge < -0.3 is 20.1 Å². The van der Waals surface area contributed by atoms with Crippen molar-refractivity contribution in [1.29, 1.82) is 0 Å². The second-order valence-corrected chi connectivity index (χ2v) is 6.69. The van der Waals surface area contributed by atoms with Gasteiger partial charge in [-0.1, -0.05) is 30.3 Å². The van der Waals surface area contributed by atoms with Crippen LogP contribution in [0.25, 0.3) is 11.3 Å². The van der Waals surface area contributed by atoms with E-state index in [0.29, 0.717) is 25.7 Å². The Morgan fingerprint density at radius 1 is 1.00 bits per heavy atom. The zero-order valence-electron chi connectivity index (χ0n) is 17.5. The maximum absolute atomic E-state index is 5.76. The number of anilines is 1. The van der Waals surface area contributed by atoms with E-state index in [2.05, 4.69) is 38.8 Å². The first-order valence-corrected chi connectivity index (χ1v) is 9.98. The number of hydrogen-bond donors (Lipinski definition) is 2. The molecular weight excluding hydrogens is 376 g/mol. The molecule has 1 aromatic heterocycles. The predicted octanol–water partition coefficient (Wildman–Crippen LogP) is 4.35. The van der Waals surface area contributed by atoms with Gasteiger partial charge in [-0.25, -0.2) is 0 Å². The number of hydrogen-bond acceptors (Lipinski definition) is 4. The zero-order valence-corrected chi connectivity index (χ0v) is 17.5. The summed E-state index contributed by atoms with van der Waals surface area (Å²) in [4.78, 5) is 8.74. The third-order valence-electron chi connectivity index (χ3n) is 4.43. The van der Waals surface area contributed by atoms with Crippen LogP contribution in [0, 0.1) is 0 Å². The fraction of sp³-hybridized carbons (Fsp3) is 0.250. The molecule has 6 heteroatoms. The summed E-state index contributed by atoms with van der Waals surface area (Å²) in [6, 6.07) is 22.1. The van der Waals surface area contributed by atoms with Crippen molar-refractivity contribution in [1.82, 2.24) is 10.3 Å². The van der Waals surface area contributed by atoms with E-state index in [-0.39, 0.29) is 0 Å². The molecule has 0 spiro atoms. The van der Waals surface area contributed by atoms with E-state index in [9.17, 15) is 0 Å². The van der Waals surface area contributed by atoms with Crippen LogP contribution in [0.3, 0.4) is 0 Å². The number of ether oxygens (including phenoxy) is 2. The first-order chi connectivity index (χ1) is 14.8. The molecule has 6 nitrogen and oxygen atoms in total. The van der Waals surface area contributed by atoms with E-state index in [0.717, 1.165) is 34.7 Å². The van der Waals surface area contributed by atoms with Crippen molar-refractivity contribution in [3.8, 4) is 17.0 Å². The smallest absolute Gasteiger partial charge is 0.195 e. The monoisotopic (exact) mass is 404 g/mol. The molecule has 0 unspecified atom stereocenters. The highest BCUT2D eigenvalue weighted by Gasteiger charge is 2.04. The quantitative estimate of drug-likeness (QED) is 0.315. The molecule has 0 aliphatic rings. The summed E-state index contributed by atoms with van der Waals surface area (Å²) in [7, 11) is 3.45. The topological polar surface area (TPSA) is 67.8 Å². The zero-order chi connectivity index (χ0) is 21.0. The van der Waals surface area contributed by atoms with Crippen molar-refractivity contribution in [2.45, 2.75) is 13.0 Å². The first kappa shape index (κ1) is 21.3. The number of aromatic nitrogens is 1. The Morgan fingerprint density at radius 3 is 2.70 bits per heavy atom. The molecule has 1 heterocycles. The van der Waals surface area contributed by atoms with Crippen LogP contribution in [-0.4, -0.2) is 38.3 Å². The van der Waals surface area contributed by atoms with Gasteiger partial charge in [0, 0.05) is 57.2 Å². The molecule has 2 N–H and O–H groups in total. The number of guanidine groups is 1. The summed E-state index contributed by atoms with van der Waals surface area (Å²) < 4.78 is 10.8. The van der Waals surface area contributed by atoms with Crippen LogP contribution >= 0.6 is 0 Å². The third kappa shape index (κ3) is 6.60. The van der Waals surface area contributed by atoms with Crippen LogP contribution in [0.5, 0.6) is 5.75 Å². The maximum atomic E-state index is 5.76. The van der Waals surface area contributed by atoms with E-state index >= 15 is 0 Å². The van der Waals surface area contributed by atoms with Crippen molar-refractivity contribution >= 4 is 11.6 Å². The normalized spacial score (nSPS) is 11.2. The number of nitrogens with one attached hydrogen (secondary N) is 2. The fourth-order valence-corrected chi connectivity index (χ4v) is 2.93. The van der Waals surface area contributed by atoms with Gasteiger partial charge in [0.05, 0.1) is 12.3 Å². The van der Waals surface area contributed by atoms with Crippen LogP contribution in [0.4, 0.5) is 5.69 Å². The number of benzene rings is 2. The van der Waals surface area contributed by atoms with Gasteiger partial charge in [0.2, 0.25) is 0 Å². The SMILES string of the molecule is CN=C(NCc1cccc(-c2ccccn2)c1)Nc1cccc(OCCCOC)c1. The number of pyridine rings is 1. The lowest BCUT2D eigenvalue weighted by molar-refractivity contribution is 0.172. The summed E-state index contributed by atoms with van der Waals surface area (Å²) in [6.07, 6.45) is 2.66. The van der Waals surface area contributed by atoms with Gasteiger partial charge >= 0.3 is 0 Å². The third-order valence-corrected chi connectivity index (χ3v) is 4.43. The number of methoxy groups -OCH3 is 1. The van der Waals surface area contributed by atoms with Crippen molar-refractivity contribution in [2.24, 2.45) is 4.99 Å². The van der Waals surface area contributed by atoms with Crippen molar-refractivity contribution < 1.29 is 9.47 Å². The van der Waals surface area contributed by atoms with Crippen molar-refractivity contribution in [3.05, 3.63) is 78.5 Å². The minimum absolute atomic E-state index is 0.622. The average Bonchev–Trinajstić information content (AvgIpc) is 2.80. The lowest BCUT2D eigenvalue weighted by Gasteiger charge is -2.14. The molecular formula is C24H28N4O2. The molecule has 0 amide bonds. The van der Waals surface area contributed by atoms with Gasteiger partial charge in [-0.3, -0.25) is 9.98 Å². The molecule has 30 heavy (non-hydrogen) atoms. The summed E-state index contributed by atoms with van der Waals surface area (Å²) in [5, 5.41) is 6.66. The minimum atomic E-state index is 0.622. The van der Waals surface area contributed by atoms with E-state index in [1.54, 1.807) is 20.4 Å². The lowest BCUT2D eigenvalue weighted by Crippen LogP contribution is -2.30. The van der Waals surface area contributed by atoms with Crippen LogP contribution in [0.15, 0.2) is 77.9 Å². The molecule has 2 aromatic carbocycles. The maximum Gasteiger partial charge on any atom is 0.195 e. The summed E-state index contributed by atoms with van der Waals surface area (Å²) in [6.45, 7) is 1.96. The van der Waals surface area contributed by atoms with Gasteiger partial charge in [-0.05, 0) is 35.9 Å². The van der Waals surface area contributed by atoms with Gasteiger partial charge in [-0.15, -0.1) is 0 Å². The summed E-state index contributed by atoms with van der Waals surface area (Å²) >= 11 is 0. The van der Waals surface area contributed by atoms with E-state index in [4.69, 9.17) is 9.47 Å². The van der Waals surface area contributed by atoms with Crippen LogP contribution in [-0.2, 0) is 11.3 Å². The Morgan fingerprint density at radius 2 is 1.90 bits per heavy atom. The van der Waals surface area contributed by atoms with Gasteiger partial charge in [0.15, 0.2) is 5.96 Å². The Kier molecular flexibility index (Phi) is 8.23. The van der Waals surface area contributed by atoms with Crippen LogP contribution in [0.1, 0.15) is 12.0 Å². The molecule has 3 aromatic rings. The van der Waals surface area contributed by atoms with Crippen molar-refractivity contribution in [2.75, 3.05) is 32.7 Å². The second-order valence-electron chi connectivity index (χ2n) is 6.69. The largest absolute Gasteiger partial charge is 0.493 e. The van der Waals surface area contributed by atoms with Gasteiger partial charge in [-0.2, -0.15) is 0 Å². The first-order valence-electron chi connectivity index (χ1n) is 9.98. The van der Waals surface area contributed by atoms with Crippen molar-refractivity contribution in [3.63, 3.8) is 0 Å².